The lowest BCUT2D eigenvalue weighted by Crippen LogP contribution is -2.09. The second-order valence-electron chi connectivity index (χ2n) is 6.74. The SMILES string of the molecule is Cc1cc(O)cc2c1CC(c1ccc(O)cc1F)C2c1ccccc1. The molecule has 1 aliphatic rings. The number of hydrogen-bond acceptors (Lipinski definition) is 2. The van der Waals surface area contributed by atoms with Gasteiger partial charge in [-0.15, -0.1) is 0 Å². The summed E-state index contributed by atoms with van der Waals surface area (Å²) in [5.41, 5.74) is 4.95. The number of halogens is 1. The normalized spacial score (nSPS) is 19.0. The second-order valence-corrected chi connectivity index (χ2v) is 6.74. The Bertz CT molecular complexity index is 934. The van der Waals surface area contributed by atoms with E-state index >= 15 is 0 Å². The molecule has 3 aromatic carbocycles. The van der Waals surface area contributed by atoms with Crippen LogP contribution in [0, 0.1) is 12.7 Å². The van der Waals surface area contributed by atoms with Crippen LogP contribution in [0.1, 0.15) is 39.7 Å². The maximum absolute atomic E-state index is 14.6. The van der Waals surface area contributed by atoms with E-state index in [9.17, 15) is 14.6 Å². The van der Waals surface area contributed by atoms with Gasteiger partial charge in [0.2, 0.25) is 0 Å². The fourth-order valence-electron chi connectivity index (χ4n) is 4.11. The van der Waals surface area contributed by atoms with Crippen molar-refractivity contribution >= 4 is 0 Å². The number of fused-ring (bicyclic) bond motifs is 1. The molecular weight excluding hydrogens is 315 g/mol. The van der Waals surface area contributed by atoms with Gasteiger partial charge in [0.15, 0.2) is 0 Å². The molecule has 4 rings (SSSR count). The monoisotopic (exact) mass is 334 g/mol. The molecule has 0 amide bonds. The van der Waals surface area contributed by atoms with E-state index in [-0.39, 0.29) is 29.2 Å². The summed E-state index contributed by atoms with van der Waals surface area (Å²) >= 11 is 0. The van der Waals surface area contributed by atoms with Gasteiger partial charge in [0, 0.05) is 17.9 Å². The van der Waals surface area contributed by atoms with Crippen LogP contribution in [0.15, 0.2) is 60.7 Å². The number of hydrogen-bond donors (Lipinski definition) is 2. The molecule has 0 radical (unpaired) electrons. The molecule has 0 spiro atoms. The summed E-state index contributed by atoms with van der Waals surface area (Å²) in [5, 5.41) is 19.6. The van der Waals surface area contributed by atoms with E-state index in [1.165, 1.54) is 17.7 Å². The highest BCUT2D eigenvalue weighted by Gasteiger charge is 2.37. The molecule has 2 atom stereocenters. The Morgan fingerprint density at radius 2 is 1.64 bits per heavy atom. The largest absolute Gasteiger partial charge is 0.508 e. The van der Waals surface area contributed by atoms with Gasteiger partial charge >= 0.3 is 0 Å². The molecule has 2 nitrogen and oxygen atoms in total. The van der Waals surface area contributed by atoms with Gasteiger partial charge in [0.25, 0.3) is 0 Å². The number of rotatable bonds is 2. The quantitative estimate of drug-likeness (QED) is 0.691. The van der Waals surface area contributed by atoms with Crippen molar-refractivity contribution in [2.45, 2.75) is 25.2 Å². The van der Waals surface area contributed by atoms with Crippen LogP contribution in [0.2, 0.25) is 0 Å². The summed E-state index contributed by atoms with van der Waals surface area (Å²) in [6.07, 6.45) is 0.711. The molecule has 126 valence electrons. The first-order valence-corrected chi connectivity index (χ1v) is 8.40. The maximum atomic E-state index is 14.6. The highest BCUT2D eigenvalue weighted by atomic mass is 19.1. The van der Waals surface area contributed by atoms with Crippen LogP contribution in [0.4, 0.5) is 4.39 Å². The van der Waals surface area contributed by atoms with E-state index in [2.05, 4.69) is 0 Å². The van der Waals surface area contributed by atoms with Gasteiger partial charge in [-0.2, -0.15) is 0 Å². The molecule has 3 aromatic rings. The molecule has 0 saturated heterocycles. The molecule has 1 aliphatic carbocycles. The van der Waals surface area contributed by atoms with Gasteiger partial charge in [0.05, 0.1) is 0 Å². The topological polar surface area (TPSA) is 40.5 Å². The van der Waals surface area contributed by atoms with Crippen molar-refractivity contribution < 1.29 is 14.6 Å². The summed E-state index contributed by atoms with van der Waals surface area (Å²) in [6.45, 7) is 1.98. The smallest absolute Gasteiger partial charge is 0.130 e. The highest BCUT2D eigenvalue weighted by molar-refractivity contribution is 5.54. The summed E-state index contributed by atoms with van der Waals surface area (Å²) in [7, 11) is 0. The fourth-order valence-corrected chi connectivity index (χ4v) is 4.11. The Kier molecular flexibility index (Phi) is 3.72. The van der Waals surface area contributed by atoms with Gasteiger partial charge < -0.3 is 10.2 Å². The lowest BCUT2D eigenvalue weighted by molar-refractivity contribution is 0.465. The molecule has 0 heterocycles. The van der Waals surface area contributed by atoms with E-state index in [4.69, 9.17) is 0 Å². The number of aromatic hydroxyl groups is 2. The molecule has 3 heteroatoms. The van der Waals surface area contributed by atoms with Crippen LogP contribution in [0.5, 0.6) is 11.5 Å². The number of phenols is 2. The van der Waals surface area contributed by atoms with Crippen LogP contribution in [-0.4, -0.2) is 10.2 Å². The molecule has 2 N–H and O–H groups in total. The molecule has 25 heavy (non-hydrogen) atoms. The molecule has 0 bridgehead atoms. The van der Waals surface area contributed by atoms with Gasteiger partial charge in [-0.25, -0.2) is 4.39 Å². The first-order valence-electron chi connectivity index (χ1n) is 8.40. The number of benzene rings is 3. The van der Waals surface area contributed by atoms with Crippen LogP contribution >= 0.6 is 0 Å². The Morgan fingerprint density at radius 3 is 2.36 bits per heavy atom. The van der Waals surface area contributed by atoms with Crippen LogP contribution in [0.3, 0.4) is 0 Å². The summed E-state index contributed by atoms with van der Waals surface area (Å²) in [6, 6.07) is 18.0. The zero-order valence-corrected chi connectivity index (χ0v) is 13.9. The Morgan fingerprint density at radius 1 is 0.880 bits per heavy atom. The van der Waals surface area contributed by atoms with E-state index in [1.807, 2.05) is 37.3 Å². The molecule has 0 saturated carbocycles. The molecule has 0 aliphatic heterocycles. The number of phenolic OH excluding ortho intramolecular Hbond substituents is 2. The van der Waals surface area contributed by atoms with Crippen LogP contribution in [0.25, 0.3) is 0 Å². The van der Waals surface area contributed by atoms with Gasteiger partial charge in [-0.05, 0) is 59.4 Å². The fraction of sp³-hybridized carbons (Fsp3) is 0.182. The number of aryl methyl sites for hydroxylation is 1. The zero-order valence-electron chi connectivity index (χ0n) is 13.9. The highest BCUT2D eigenvalue weighted by Crippen LogP contribution is 2.50. The van der Waals surface area contributed by atoms with Crippen molar-refractivity contribution in [2.24, 2.45) is 0 Å². The van der Waals surface area contributed by atoms with Gasteiger partial charge in [0.1, 0.15) is 17.3 Å². The third kappa shape index (κ3) is 2.66. The molecule has 2 unspecified atom stereocenters. The van der Waals surface area contributed by atoms with E-state index in [0.29, 0.717) is 12.0 Å². The minimum atomic E-state index is -0.388. The molecule has 0 aromatic heterocycles. The third-order valence-corrected chi connectivity index (χ3v) is 5.20. The van der Waals surface area contributed by atoms with E-state index in [1.54, 1.807) is 18.2 Å². The minimum absolute atomic E-state index is 0.0268. The predicted molar refractivity (Wildman–Crippen MR) is 95.6 cm³/mol. The Labute approximate surface area is 146 Å². The zero-order chi connectivity index (χ0) is 17.6. The minimum Gasteiger partial charge on any atom is -0.508 e. The first-order chi connectivity index (χ1) is 12.0. The van der Waals surface area contributed by atoms with Crippen molar-refractivity contribution in [1.29, 1.82) is 0 Å². The Balaban J connectivity index is 1.91. The average Bonchev–Trinajstić information content (AvgIpc) is 2.95. The molecular formula is C22H19FO2. The second kappa shape index (κ2) is 5.92. The van der Waals surface area contributed by atoms with Crippen LogP contribution < -0.4 is 0 Å². The van der Waals surface area contributed by atoms with Gasteiger partial charge in [-0.3, -0.25) is 0 Å². The van der Waals surface area contributed by atoms with E-state index < -0.39 is 0 Å². The predicted octanol–water partition coefficient (Wildman–Crippen LogP) is 5.02. The van der Waals surface area contributed by atoms with Crippen molar-refractivity contribution in [1.82, 2.24) is 0 Å². The van der Waals surface area contributed by atoms with Crippen molar-refractivity contribution in [3.63, 3.8) is 0 Å². The Hall–Kier alpha value is -2.81. The van der Waals surface area contributed by atoms with E-state index in [0.717, 1.165) is 16.7 Å². The lowest BCUT2D eigenvalue weighted by Gasteiger charge is -2.22. The maximum Gasteiger partial charge on any atom is 0.130 e. The van der Waals surface area contributed by atoms with Crippen molar-refractivity contribution in [3.05, 3.63) is 94.3 Å². The summed E-state index contributed by atoms with van der Waals surface area (Å²) in [4.78, 5) is 0. The first kappa shape index (κ1) is 15.7. The van der Waals surface area contributed by atoms with Gasteiger partial charge in [-0.1, -0.05) is 36.4 Å². The third-order valence-electron chi connectivity index (χ3n) is 5.20. The average molecular weight is 334 g/mol. The summed E-state index contributed by atoms with van der Waals surface area (Å²) < 4.78 is 14.6. The van der Waals surface area contributed by atoms with Crippen molar-refractivity contribution in [2.75, 3.05) is 0 Å². The lowest BCUT2D eigenvalue weighted by atomic mass is 9.81. The summed E-state index contributed by atoms with van der Waals surface area (Å²) in [5.74, 6) is -0.314. The van der Waals surface area contributed by atoms with Crippen LogP contribution in [-0.2, 0) is 6.42 Å². The standard InChI is InChI=1S/C22H19FO2/c1-13-9-16(25)10-19-18(13)12-20(17-8-7-15(24)11-21(17)23)22(19)14-5-3-2-4-6-14/h2-11,20,22,24-25H,12H2,1H3. The van der Waals surface area contributed by atoms with Crippen molar-refractivity contribution in [3.8, 4) is 11.5 Å². The molecule has 0 fully saturated rings.